The van der Waals surface area contributed by atoms with E-state index in [-0.39, 0.29) is 5.56 Å². The summed E-state index contributed by atoms with van der Waals surface area (Å²) in [5, 5.41) is 10.8. The van der Waals surface area contributed by atoms with Gasteiger partial charge in [-0.1, -0.05) is 18.2 Å². The first-order valence-corrected chi connectivity index (χ1v) is 8.30. The quantitative estimate of drug-likeness (QED) is 0.376. The number of nitrogens with zero attached hydrogens (tertiary/aromatic N) is 1. The topological polar surface area (TPSA) is 85.3 Å². The number of rotatable bonds is 5. The molecule has 1 heterocycles. The summed E-state index contributed by atoms with van der Waals surface area (Å²) in [7, 11) is 0. The highest BCUT2D eigenvalue weighted by molar-refractivity contribution is 5.90. The van der Waals surface area contributed by atoms with Gasteiger partial charge < -0.3 is 9.84 Å². The lowest BCUT2D eigenvalue weighted by atomic mass is 10.1. The fraction of sp³-hybridized carbons (Fsp3) is 0.556. The smallest absolute Gasteiger partial charge is 0.388 e. The minimum absolute atomic E-state index is 0.287. The monoisotopic (exact) mass is 351 g/mol. The van der Waals surface area contributed by atoms with Crippen molar-refractivity contribution in [1.29, 1.82) is 0 Å². The average Bonchev–Trinajstić information content (AvgIpc) is 3.06. The molecule has 0 bridgehead atoms. The van der Waals surface area contributed by atoms with Crippen LogP contribution in [0.25, 0.3) is 0 Å². The van der Waals surface area contributed by atoms with Crippen LogP contribution in [0.4, 0.5) is 0 Å². The van der Waals surface area contributed by atoms with E-state index < -0.39 is 23.5 Å². The van der Waals surface area contributed by atoms with E-state index in [0.717, 1.165) is 12.8 Å². The zero-order chi connectivity index (χ0) is 18.7. The maximum Gasteiger partial charge on any atom is 0.388 e. The maximum absolute atomic E-state index is 12.5. The number of hydrogen-bond acceptors (Lipinski definition) is 7. The lowest BCUT2D eigenvalue weighted by Gasteiger charge is -2.34. The van der Waals surface area contributed by atoms with Gasteiger partial charge in [0.2, 0.25) is 0 Å². The number of hydrogen-bond donors (Lipinski definition) is 1. The fourth-order valence-corrected chi connectivity index (χ4v) is 2.52. The number of esters is 1. The maximum atomic E-state index is 12.5. The van der Waals surface area contributed by atoms with Gasteiger partial charge in [-0.15, -0.1) is 4.89 Å². The van der Waals surface area contributed by atoms with Crippen LogP contribution in [0.2, 0.25) is 0 Å². The lowest BCUT2D eigenvalue weighted by Crippen LogP contribution is -2.57. The highest BCUT2D eigenvalue weighted by Gasteiger charge is 2.50. The van der Waals surface area contributed by atoms with Gasteiger partial charge in [0, 0.05) is 13.1 Å². The molecule has 0 aliphatic carbocycles. The number of carbonyl (C=O) groups is 2. The molecule has 2 rings (SSSR count). The van der Waals surface area contributed by atoms with Crippen LogP contribution in [-0.4, -0.2) is 46.5 Å². The molecule has 0 amide bonds. The number of ether oxygens (including phenoxy) is 1. The first kappa shape index (κ1) is 19.4. The first-order valence-electron chi connectivity index (χ1n) is 8.30. The molecule has 1 aromatic carbocycles. The highest BCUT2D eigenvalue weighted by Crippen LogP contribution is 2.25. The molecule has 0 spiro atoms. The molecular weight excluding hydrogens is 326 g/mol. The van der Waals surface area contributed by atoms with E-state index >= 15 is 0 Å². The van der Waals surface area contributed by atoms with Gasteiger partial charge in [0.15, 0.2) is 0 Å². The summed E-state index contributed by atoms with van der Waals surface area (Å²) in [6, 6.07) is 6.79. The van der Waals surface area contributed by atoms with Crippen molar-refractivity contribution in [3.05, 3.63) is 35.4 Å². The molecule has 0 radical (unpaired) electrons. The zero-order valence-corrected chi connectivity index (χ0v) is 15.1. The highest BCUT2D eigenvalue weighted by atomic mass is 17.2. The molecular formula is C18H25NO6. The van der Waals surface area contributed by atoms with Crippen LogP contribution in [0.15, 0.2) is 24.3 Å². The number of likely N-dealkylation sites (tertiary alicyclic amines) is 1. The second kappa shape index (κ2) is 7.51. The molecule has 1 atom stereocenters. The normalized spacial score (nSPS) is 17.8. The molecule has 1 aromatic rings. The standard InChI is InChI=1S/C18H25NO6/c1-13-9-5-6-10-14(13)15(20)24-25-18(22,19-11-7-8-12-19)16(21)23-17(2,3)4/h5-6,9-10,22H,7-8,11-12H2,1-4H3. The summed E-state index contributed by atoms with van der Waals surface area (Å²) in [5.74, 6) is -4.28. The second-order valence-electron chi connectivity index (χ2n) is 7.07. The van der Waals surface area contributed by atoms with Gasteiger partial charge in [-0.3, -0.25) is 4.89 Å². The van der Waals surface area contributed by atoms with Gasteiger partial charge in [-0.25, -0.2) is 14.5 Å². The Hall–Kier alpha value is -1.96. The lowest BCUT2D eigenvalue weighted by molar-refractivity contribution is -0.416. The van der Waals surface area contributed by atoms with Gasteiger partial charge in [0.1, 0.15) is 5.60 Å². The molecule has 1 saturated heterocycles. The van der Waals surface area contributed by atoms with Crippen LogP contribution in [0.5, 0.6) is 0 Å². The molecule has 1 unspecified atom stereocenters. The summed E-state index contributed by atoms with van der Waals surface area (Å²) in [6.07, 6.45) is 1.58. The molecule has 7 heteroatoms. The fourth-order valence-electron chi connectivity index (χ4n) is 2.52. The van der Waals surface area contributed by atoms with Crippen LogP contribution >= 0.6 is 0 Å². The van der Waals surface area contributed by atoms with Crippen molar-refractivity contribution >= 4 is 11.9 Å². The summed E-state index contributed by atoms with van der Waals surface area (Å²) in [6.45, 7) is 7.63. The number of aliphatic hydroxyl groups is 1. The van der Waals surface area contributed by atoms with E-state index in [9.17, 15) is 14.7 Å². The number of carbonyl (C=O) groups excluding carboxylic acids is 2. The number of benzene rings is 1. The van der Waals surface area contributed by atoms with Crippen molar-refractivity contribution in [3.63, 3.8) is 0 Å². The van der Waals surface area contributed by atoms with Crippen molar-refractivity contribution in [2.75, 3.05) is 13.1 Å². The summed E-state index contributed by atoms with van der Waals surface area (Å²) in [4.78, 5) is 35.8. The first-order chi connectivity index (χ1) is 11.6. The third-order valence-electron chi connectivity index (χ3n) is 3.80. The van der Waals surface area contributed by atoms with Gasteiger partial charge in [-0.2, -0.15) is 0 Å². The Balaban J connectivity index is 2.15. The third kappa shape index (κ3) is 4.78. The van der Waals surface area contributed by atoms with Crippen molar-refractivity contribution in [2.24, 2.45) is 0 Å². The molecule has 0 aromatic heterocycles. The predicted octanol–water partition coefficient (Wildman–Crippen LogP) is 2.17. The van der Waals surface area contributed by atoms with E-state index in [4.69, 9.17) is 14.5 Å². The third-order valence-corrected chi connectivity index (χ3v) is 3.80. The summed E-state index contributed by atoms with van der Waals surface area (Å²) >= 11 is 0. The Morgan fingerprint density at radius 3 is 2.28 bits per heavy atom. The minimum atomic E-state index is -2.47. The van der Waals surface area contributed by atoms with Crippen molar-refractivity contribution in [2.45, 2.75) is 52.0 Å². The Bertz CT molecular complexity index is 633. The molecule has 1 aliphatic heterocycles. The molecule has 1 N–H and O–H groups in total. The SMILES string of the molecule is Cc1ccccc1C(=O)OOC(O)(C(=O)OC(C)(C)C)N1CCCC1. The van der Waals surface area contributed by atoms with Crippen molar-refractivity contribution in [1.82, 2.24) is 4.90 Å². The van der Waals surface area contributed by atoms with Gasteiger partial charge in [0.05, 0.1) is 5.56 Å². The average molecular weight is 351 g/mol. The Kier molecular flexibility index (Phi) is 5.82. The molecule has 7 nitrogen and oxygen atoms in total. The number of aryl methyl sites for hydroxylation is 1. The summed E-state index contributed by atoms with van der Waals surface area (Å²) in [5.41, 5.74) is 0.155. The van der Waals surface area contributed by atoms with Crippen LogP contribution in [0, 0.1) is 6.92 Å². The van der Waals surface area contributed by atoms with E-state index in [1.165, 1.54) is 4.90 Å². The van der Waals surface area contributed by atoms with Crippen LogP contribution < -0.4 is 0 Å². The predicted molar refractivity (Wildman–Crippen MR) is 89.3 cm³/mol. The van der Waals surface area contributed by atoms with Crippen LogP contribution in [-0.2, 0) is 19.3 Å². The van der Waals surface area contributed by atoms with Crippen LogP contribution in [0.3, 0.4) is 0 Å². The van der Waals surface area contributed by atoms with Gasteiger partial charge in [-0.05, 0) is 52.2 Å². The minimum Gasteiger partial charge on any atom is -0.455 e. The van der Waals surface area contributed by atoms with Crippen LogP contribution in [0.1, 0.15) is 49.5 Å². The van der Waals surface area contributed by atoms with E-state index in [1.807, 2.05) is 0 Å². The van der Waals surface area contributed by atoms with E-state index in [2.05, 4.69) is 0 Å². The summed E-state index contributed by atoms with van der Waals surface area (Å²) < 4.78 is 5.23. The van der Waals surface area contributed by atoms with E-state index in [1.54, 1.807) is 52.0 Å². The van der Waals surface area contributed by atoms with Crippen molar-refractivity contribution < 1.29 is 29.2 Å². The Morgan fingerprint density at radius 2 is 1.72 bits per heavy atom. The second-order valence-corrected chi connectivity index (χ2v) is 7.07. The Labute approximate surface area is 147 Å². The Morgan fingerprint density at radius 1 is 1.12 bits per heavy atom. The van der Waals surface area contributed by atoms with Crippen molar-refractivity contribution in [3.8, 4) is 0 Å². The molecule has 0 saturated carbocycles. The largest absolute Gasteiger partial charge is 0.455 e. The molecule has 25 heavy (non-hydrogen) atoms. The molecule has 138 valence electrons. The molecule has 1 fully saturated rings. The van der Waals surface area contributed by atoms with E-state index in [0.29, 0.717) is 18.7 Å². The van der Waals surface area contributed by atoms with Gasteiger partial charge in [0.25, 0.3) is 0 Å². The zero-order valence-electron chi connectivity index (χ0n) is 15.1. The van der Waals surface area contributed by atoms with Gasteiger partial charge >= 0.3 is 17.8 Å². The molecule has 1 aliphatic rings.